The molecule has 0 fully saturated rings. The number of rotatable bonds is 8. The fourth-order valence-electron chi connectivity index (χ4n) is 2.80. The maximum absolute atomic E-state index is 12.0. The molecule has 1 heterocycles. The number of carbonyl (C=O) groups excluding carboxylic acids is 1. The Hall–Kier alpha value is -2.43. The van der Waals surface area contributed by atoms with Crippen LogP contribution >= 0.6 is 0 Å². The molecule has 1 aromatic heterocycles. The lowest BCUT2D eigenvalue weighted by Gasteiger charge is -2.20. The van der Waals surface area contributed by atoms with E-state index in [1.165, 1.54) is 17.3 Å². The average molecular weight is 354 g/mol. The second kappa shape index (κ2) is 9.32. The largest absolute Gasteiger partial charge is 0.351 e. The summed E-state index contributed by atoms with van der Waals surface area (Å²) in [6.07, 6.45) is 5.15. The van der Waals surface area contributed by atoms with Crippen LogP contribution < -0.4 is 10.6 Å². The number of aromatic nitrogens is 2. The maximum Gasteiger partial charge on any atom is 0.271 e. The monoisotopic (exact) mass is 354 g/mol. The first-order chi connectivity index (χ1) is 12.4. The van der Waals surface area contributed by atoms with Gasteiger partial charge in [-0.3, -0.25) is 4.79 Å². The van der Waals surface area contributed by atoms with Crippen LogP contribution in [-0.2, 0) is 0 Å². The number of unbranched alkanes of at least 4 members (excludes halogenated alkanes) is 1. The van der Waals surface area contributed by atoms with Crippen molar-refractivity contribution in [1.29, 1.82) is 0 Å². The Bertz CT molecular complexity index is 697. The van der Waals surface area contributed by atoms with E-state index in [-0.39, 0.29) is 5.91 Å². The van der Waals surface area contributed by atoms with Crippen molar-refractivity contribution >= 4 is 17.4 Å². The Morgan fingerprint density at radius 2 is 1.69 bits per heavy atom. The van der Waals surface area contributed by atoms with Crippen molar-refractivity contribution in [1.82, 2.24) is 15.3 Å². The van der Waals surface area contributed by atoms with Crippen molar-refractivity contribution in [2.75, 3.05) is 11.9 Å². The summed E-state index contributed by atoms with van der Waals surface area (Å²) in [6.45, 7) is 11.5. The van der Waals surface area contributed by atoms with Gasteiger partial charge in [-0.25, -0.2) is 9.97 Å². The number of amides is 1. The summed E-state index contributed by atoms with van der Waals surface area (Å²) in [6, 6.07) is 6.38. The van der Waals surface area contributed by atoms with Gasteiger partial charge in [-0.15, -0.1) is 0 Å². The highest BCUT2D eigenvalue weighted by molar-refractivity contribution is 5.92. The zero-order chi connectivity index (χ0) is 19.1. The van der Waals surface area contributed by atoms with Crippen LogP contribution in [0, 0.1) is 0 Å². The van der Waals surface area contributed by atoms with E-state index in [4.69, 9.17) is 0 Å². The number of benzene rings is 1. The van der Waals surface area contributed by atoms with Crippen LogP contribution in [0.25, 0.3) is 0 Å². The molecular formula is C21H30N4O. The lowest BCUT2D eigenvalue weighted by atomic mass is 9.92. The number of hydrogen-bond donors (Lipinski definition) is 2. The van der Waals surface area contributed by atoms with E-state index in [0.717, 1.165) is 18.5 Å². The van der Waals surface area contributed by atoms with Crippen LogP contribution in [0.2, 0.25) is 0 Å². The number of hydrogen-bond acceptors (Lipinski definition) is 4. The predicted octanol–water partition coefficient (Wildman–Crippen LogP) is 5.00. The topological polar surface area (TPSA) is 66.9 Å². The molecule has 1 aromatic carbocycles. The van der Waals surface area contributed by atoms with E-state index in [1.54, 1.807) is 6.20 Å². The average Bonchev–Trinajstić information content (AvgIpc) is 2.62. The van der Waals surface area contributed by atoms with E-state index in [0.29, 0.717) is 29.9 Å². The third-order valence-electron chi connectivity index (χ3n) is 4.33. The molecule has 0 saturated heterocycles. The van der Waals surface area contributed by atoms with Crippen LogP contribution in [0.3, 0.4) is 0 Å². The van der Waals surface area contributed by atoms with Gasteiger partial charge in [0, 0.05) is 12.2 Å². The molecule has 2 rings (SSSR count). The number of nitrogens with one attached hydrogen (secondary N) is 2. The van der Waals surface area contributed by atoms with Crippen molar-refractivity contribution in [2.45, 2.75) is 59.3 Å². The SMILES string of the molecule is CCCCNC(=O)c1cnc(Nc2c(C(C)C)cccc2C(C)C)cn1. The fourth-order valence-corrected chi connectivity index (χ4v) is 2.80. The van der Waals surface area contributed by atoms with Gasteiger partial charge in [-0.2, -0.15) is 0 Å². The quantitative estimate of drug-likeness (QED) is 0.655. The molecule has 2 N–H and O–H groups in total. The van der Waals surface area contributed by atoms with Crippen molar-refractivity contribution in [3.8, 4) is 0 Å². The molecule has 1 amide bonds. The van der Waals surface area contributed by atoms with Gasteiger partial charge in [0.25, 0.3) is 5.91 Å². The van der Waals surface area contributed by atoms with Gasteiger partial charge in [0.05, 0.1) is 12.4 Å². The molecular weight excluding hydrogens is 324 g/mol. The predicted molar refractivity (Wildman–Crippen MR) is 107 cm³/mol. The van der Waals surface area contributed by atoms with Crippen LogP contribution in [0.1, 0.15) is 80.9 Å². The standard InChI is InChI=1S/C21H30N4O/c1-6-7-11-22-21(26)18-12-24-19(13-23-18)25-20-16(14(2)3)9-8-10-17(20)15(4)5/h8-10,12-15H,6-7,11H2,1-5H3,(H,22,26)(H,24,25). The Morgan fingerprint density at radius 1 is 1.04 bits per heavy atom. The van der Waals surface area contributed by atoms with Crippen molar-refractivity contribution in [3.05, 3.63) is 47.4 Å². The molecule has 5 nitrogen and oxygen atoms in total. The minimum absolute atomic E-state index is 0.178. The van der Waals surface area contributed by atoms with E-state index in [1.807, 2.05) is 0 Å². The van der Waals surface area contributed by atoms with Gasteiger partial charge >= 0.3 is 0 Å². The Labute approximate surface area is 156 Å². The zero-order valence-electron chi connectivity index (χ0n) is 16.5. The summed E-state index contributed by atoms with van der Waals surface area (Å²) < 4.78 is 0. The molecule has 2 aromatic rings. The second-order valence-corrected chi connectivity index (χ2v) is 7.14. The molecule has 0 saturated carbocycles. The van der Waals surface area contributed by atoms with Crippen LogP contribution in [-0.4, -0.2) is 22.4 Å². The van der Waals surface area contributed by atoms with Gasteiger partial charge in [0.2, 0.25) is 0 Å². The number of para-hydroxylation sites is 1. The molecule has 0 aliphatic heterocycles. The smallest absolute Gasteiger partial charge is 0.271 e. The first-order valence-corrected chi connectivity index (χ1v) is 9.44. The summed E-state index contributed by atoms with van der Waals surface area (Å²) in [4.78, 5) is 20.7. The normalized spacial score (nSPS) is 11.0. The lowest BCUT2D eigenvalue weighted by molar-refractivity contribution is 0.0948. The Balaban J connectivity index is 2.20. The number of nitrogens with zero attached hydrogens (tertiary/aromatic N) is 2. The van der Waals surface area contributed by atoms with E-state index >= 15 is 0 Å². The highest BCUT2D eigenvalue weighted by Crippen LogP contribution is 2.33. The van der Waals surface area contributed by atoms with E-state index < -0.39 is 0 Å². The number of carbonyl (C=O) groups is 1. The highest BCUT2D eigenvalue weighted by atomic mass is 16.1. The van der Waals surface area contributed by atoms with Gasteiger partial charge in [0.15, 0.2) is 0 Å². The molecule has 140 valence electrons. The van der Waals surface area contributed by atoms with Crippen LogP contribution in [0.15, 0.2) is 30.6 Å². The van der Waals surface area contributed by atoms with Crippen molar-refractivity contribution in [2.24, 2.45) is 0 Å². The maximum atomic E-state index is 12.0. The highest BCUT2D eigenvalue weighted by Gasteiger charge is 2.15. The molecule has 5 heteroatoms. The first-order valence-electron chi connectivity index (χ1n) is 9.44. The molecule has 0 radical (unpaired) electrons. The lowest BCUT2D eigenvalue weighted by Crippen LogP contribution is -2.25. The van der Waals surface area contributed by atoms with E-state index in [9.17, 15) is 4.79 Å². The summed E-state index contributed by atoms with van der Waals surface area (Å²) in [5.74, 6) is 1.26. The third-order valence-corrected chi connectivity index (χ3v) is 4.33. The van der Waals surface area contributed by atoms with Gasteiger partial charge in [0.1, 0.15) is 11.5 Å². The van der Waals surface area contributed by atoms with Crippen LogP contribution in [0.4, 0.5) is 11.5 Å². The van der Waals surface area contributed by atoms with Crippen LogP contribution in [0.5, 0.6) is 0 Å². The molecule has 26 heavy (non-hydrogen) atoms. The molecule has 0 atom stereocenters. The minimum atomic E-state index is -0.178. The Kier molecular flexibility index (Phi) is 7.13. The third kappa shape index (κ3) is 5.04. The Morgan fingerprint density at radius 3 is 2.19 bits per heavy atom. The van der Waals surface area contributed by atoms with E-state index in [2.05, 4.69) is 73.4 Å². The van der Waals surface area contributed by atoms with Crippen molar-refractivity contribution in [3.63, 3.8) is 0 Å². The fraction of sp³-hybridized carbons (Fsp3) is 0.476. The molecule has 0 spiro atoms. The van der Waals surface area contributed by atoms with Crippen molar-refractivity contribution < 1.29 is 4.79 Å². The molecule has 0 unspecified atom stereocenters. The van der Waals surface area contributed by atoms with Gasteiger partial charge in [-0.05, 0) is 29.4 Å². The second-order valence-electron chi connectivity index (χ2n) is 7.14. The number of anilines is 2. The molecule has 0 bridgehead atoms. The van der Waals surface area contributed by atoms with Gasteiger partial charge in [-0.1, -0.05) is 59.2 Å². The summed E-state index contributed by atoms with van der Waals surface area (Å²) in [5.41, 5.74) is 3.93. The summed E-state index contributed by atoms with van der Waals surface area (Å²) in [5, 5.41) is 6.27. The molecule has 0 aliphatic carbocycles. The summed E-state index contributed by atoms with van der Waals surface area (Å²) >= 11 is 0. The zero-order valence-corrected chi connectivity index (χ0v) is 16.5. The minimum Gasteiger partial charge on any atom is -0.351 e. The molecule has 0 aliphatic rings. The summed E-state index contributed by atoms with van der Waals surface area (Å²) in [7, 11) is 0. The first kappa shape index (κ1) is 19.9. The van der Waals surface area contributed by atoms with Gasteiger partial charge < -0.3 is 10.6 Å².